The van der Waals surface area contributed by atoms with Gasteiger partial charge in [0.2, 0.25) is 5.91 Å². The van der Waals surface area contributed by atoms with Crippen LogP contribution in [-0.2, 0) is 11.3 Å². The number of hydrogen-bond donors (Lipinski definition) is 1. The van der Waals surface area contributed by atoms with Crippen LogP contribution in [0.5, 0.6) is 0 Å². The molecule has 0 bridgehead atoms. The Hall–Kier alpha value is -2.13. The molecule has 130 valence electrons. The summed E-state index contributed by atoms with van der Waals surface area (Å²) in [5, 5.41) is 3.39. The summed E-state index contributed by atoms with van der Waals surface area (Å²) in [5.41, 5.74) is 3.96. The molecule has 1 saturated heterocycles. The molecule has 0 spiro atoms. The maximum Gasteiger partial charge on any atom is 0.222 e. The largest absolute Gasteiger partial charge is 0.337 e. The highest BCUT2D eigenvalue weighted by Crippen LogP contribution is 2.33. The third kappa shape index (κ3) is 3.62. The average molecular weight is 334 g/mol. The fourth-order valence-electron chi connectivity index (χ4n) is 4.21. The van der Waals surface area contributed by atoms with E-state index in [1.807, 2.05) is 0 Å². The molecule has 3 nitrogen and oxygen atoms in total. The molecular weight excluding hydrogens is 308 g/mol. The smallest absolute Gasteiger partial charge is 0.222 e. The number of hydrogen-bond acceptors (Lipinski definition) is 2. The third-order valence-electron chi connectivity index (χ3n) is 5.68. The molecule has 1 fully saturated rings. The van der Waals surface area contributed by atoms with Crippen molar-refractivity contribution in [1.82, 2.24) is 10.2 Å². The van der Waals surface area contributed by atoms with Gasteiger partial charge in [0.1, 0.15) is 0 Å². The number of nitrogens with zero attached hydrogens (tertiary/aromatic N) is 1. The van der Waals surface area contributed by atoms with E-state index in [2.05, 4.69) is 64.8 Å². The number of rotatable bonds is 4. The first kappa shape index (κ1) is 16.3. The van der Waals surface area contributed by atoms with Gasteiger partial charge in [-0.1, -0.05) is 54.6 Å². The Morgan fingerprint density at radius 3 is 2.68 bits per heavy atom. The Labute approximate surface area is 150 Å². The number of amides is 1. The van der Waals surface area contributed by atoms with Gasteiger partial charge in [-0.15, -0.1) is 0 Å². The minimum Gasteiger partial charge on any atom is -0.337 e. The Balaban J connectivity index is 1.52. The maximum absolute atomic E-state index is 12.8. The number of benzene rings is 2. The van der Waals surface area contributed by atoms with Gasteiger partial charge in [-0.2, -0.15) is 0 Å². The van der Waals surface area contributed by atoms with Gasteiger partial charge in [0, 0.05) is 25.4 Å². The van der Waals surface area contributed by atoms with Crippen LogP contribution in [0.2, 0.25) is 0 Å². The Bertz CT molecular complexity index is 722. The number of carbonyl (C=O) groups excluding carboxylic acids is 1. The molecule has 2 atom stereocenters. The van der Waals surface area contributed by atoms with Gasteiger partial charge in [0.25, 0.3) is 0 Å². The monoisotopic (exact) mass is 334 g/mol. The highest BCUT2D eigenvalue weighted by Gasteiger charge is 2.29. The molecule has 4 rings (SSSR count). The van der Waals surface area contributed by atoms with E-state index in [-0.39, 0.29) is 5.92 Å². The molecule has 1 N–H and O–H groups in total. The van der Waals surface area contributed by atoms with E-state index in [9.17, 15) is 4.79 Å². The van der Waals surface area contributed by atoms with Crippen molar-refractivity contribution in [2.75, 3.05) is 19.6 Å². The van der Waals surface area contributed by atoms with E-state index in [0.29, 0.717) is 18.2 Å². The molecule has 2 unspecified atom stereocenters. The molecular formula is C22H26N2O. The van der Waals surface area contributed by atoms with Gasteiger partial charge in [-0.05, 0) is 48.5 Å². The van der Waals surface area contributed by atoms with Crippen molar-refractivity contribution in [1.29, 1.82) is 0 Å². The van der Waals surface area contributed by atoms with Crippen LogP contribution in [0.4, 0.5) is 0 Å². The molecule has 0 saturated carbocycles. The molecule has 1 amide bonds. The summed E-state index contributed by atoms with van der Waals surface area (Å²) in [6.45, 7) is 3.72. The van der Waals surface area contributed by atoms with Crippen LogP contribution in [0.3, 0.4) is 0 Å². The van der Waals surface area contributed by atoms with Gasteiger partial charge < -0.3 is 10.2 Å². The first-order valence-electron chi connectivity index (χ1n) is 9.42. The Morgan fingerprint density at radius 2 is 1.88 bits per heavy atom. The van der Waals surface area contributed by atoms with Gasteiger partial charge in [-0.3, -0.25) is 4.79 Å². The van der Waals surface area contributed by atoms with Gasteiger partial charge in [-0.25, -0.2) is 0 Å². The molecule has 2 aliphatic rings. The summed E-state index contributed by atoms with van der Waals surface area (Å²) in [7, 11) is 0. The Kier molecular flexibility index (Phi) is 4.84. The maximum atomic E-state index is 12.8. The first-order chi connectivity index (χ1) is 12.3. The minimum absolute atomic E-state index is 0.281. The van der Waals surface area contributed by atoms with Crippen LogP contribution < -0.4 is 5.32 Å². The van der Waals surface area contributed by atoms with Crippen LogP contribution in [0, 0.1) is 5.92 Å². The predicted molar refractivity (Wildman–Crippen MR) is 100 cm³/mol. The van der Waals surface area contributed by atoms with Crippen molar-refractivity contribution in [3.8, 4) is 0 Å². The third-order valence-corrected chi connectivity index (χ3v) is 5.68. The molecule has 3 heteroatoms. The van der Waals surface area contributed by atoms with E-state index >= 15 is 0 Å². The molecule has 0 aliphatic carbocycles. The van der Waals surface area contributed by atoms with Crippen molar-refractivity contribution in [3.05, 3.63) is 71.3 Å². The van der Waals surface area contributed by atoms with Gasteiger partial charge in [0.15, 0.2) is 0 Å². The van der Waals surface area contributed by atoms with E-state index in [1.165, 1.54) is 23.1 Å². The van der Waals surface area contributed by atoms with Gasteiger partial charge in [0.05, 0.1) is 0 Å². The normalized spacial score (nSPS) is 22.6. The SMILES string of the molecule is O=C(CCC1CCNC1)N1Cc2ccccc2C(c2ccccc2)C1. The highest BCUT2D eigenvalue weighted by molar-refractivity contribution is 5.76. The zero-order valence-electron chi connectivity index (χ0n) is 14.7. The first-order valence-corrected chi connectivity index (χ1v) is 9.42. The van der Waals surface area contributed by atoms with Crippen LogP contribution in [0.25, 0.3) is 0 Å². The van der Waals surface area contributed by atoms with Crippen molar-refractivity contribution in [2.24, 2.45) is 5.92 Å². The fraction of sp³-hybridized carbons (Fsp3) is 0.409. The van der Waals surface area contributed by atoms with Crippen LogP contribution in [0.15, 0.2) is 54.6 Å². The molecule has 2 aromatic rings. The number of fused-ring (bicyclic) bond motifs is 1. The summed E-state index contributed by atoms with van der Waals surface area (Å²) in [5.74, 6) is 1.26. The number of nitrogens with one attached hydrogen (secondary N) is 1. The second-order valence-electron chi connectivity index (χ2n) is 7.33. The number of carbonyl (C=O) groups is 1. The summed E-state index contributed by atoms with van der Waals surface area (Å²) < 4.78 is 0. The van der Waals surface area contributed by atoms with Crippen LogP contribution >= 0.6 is 0 Å². The lowest BCUT2D eigenvalue weighted by atomic mass is 9.84. The molecule has 2 heterocycles. The fourth-order valence-corrected chi connectivity index (χ4v) is 4.21. The van der Waals surface area contributed by atoms with E-state index in [4.69, 9.17) is 0 Å². The molecule has 2 aliphatic heterocycles. The topological polar surface area (TPSA) is 32.3 Å². The zero-order valence-corrected chi connectivity index (χ0v) is 14.7. The summed E-state index contributed by atoms with van der Waals surface area (Å²) in [4.78, 5) is 14.9. The quantitative estimate of drug-likeness (QED) is 0.927. The van der Waals surface area contributed by atoms with Crippen molar-refractivity contribution in [3.63, 3.8) is 0 Å². The van der Waals surface area contributed by atoms with E-state index < -0.39 is 0 Å². The lowest BCUT2D eigenvalue weighted by Gasteiger charge is -2.35. The Morgan fingerprint density at radius 1 is 1.08 bits per heavy atom. The second kappa shape index (κ2) is 7.40. The van der Waals surface area contributed by atoms with Crippen molar-refractivity contribution in [2.45, 2.75) is 31.7 Å². The summed E-state index contributed by atoms with van der Waals surface area (Å²) in [6, 6.07) is 19.2. The van der Waals surface area contributed by atoms with Crippen LogP contribution in [0.1, 0.15) is 41.9 Å². The lowest BCUT2D eigenvalue weighted by molar-refractivity contribution is -0.132. The molecule has 2 aromatic carbocycles. The standard InChI is InChI=1S/C22H26N2O/c25-22(11-10-17-12-13-23-14-17)24-15-19-8-4-5-9-20(19)21(16-24)18-6-2-1-3-7-18/h1-9,17,21,23H,10-16H2. The van der Waals surface area contributed by atoms with Crippen molar-refractivity contribution >= 4 is 5.91 Å². The lowest BCUT2D eigenvalue weighted by Crippen LogP contribution is -2.38. The van der Waals surface area contributed by atoms with Gasteiger partial charge >= 0.3 is 0 Å². The van der Waals surface area contributed by atoms with Crippen LogP contribution in [-0.4, -0.2) is 30.4 Å². The molecule has 25 heavy (non-hydrogen) atoms. The molecule has 0 radical (unpaired) electrons. The second-order valence-corrected chi connectivity index (χ2v) is 7.33. The summed E-state index contributed by atoms with van der Waals surface area (Å²) in [6.07, 6.45) is 2.90. The average Bonchev–Trinajstić information content (AvgIpc) is 3.19. The summed E-state index contributed by atoms with van der Waals surface area (Å²) >= 11 is 0. The minimum atomic E-state index is 0.281. The predicted octanol–water partition coefficient (Wildman–Crippen LogP) is 3.55. The zero-order chi connectivity index (χ0) is 17.1. The molecule has 0 aromatic heterocycles. The highest BCUT2D eigenvalue weighted by atomic mass is 16.2. The van der Waals surface area contributed by atoms with E-state index in [1.54, 1.807) is 0 Å². The van der Waals surface area contributed by atoms with E-state index in [0.717, 1.165) is 32.6 Å². The van der Waals surface area contributed by atoms with Crippen molar-refractivity contribution < 1.29 is 4.79 Å².